The average molecular weight is 393 g/mol. The standard InChI is InChI=1S/C22H20FN3OS/c1-27-14-6-7-17(18(23)12-14)22-21-16(15-4-2-3-5-19(15)25-21)8-10-26(22)13-20-24-9-11-28-20/h2-7,9,11-12,22,25H,8,10,13H2,1H3. The number of hydrogen-bond donors (Lipinski definition) is 1. The van der Waals surface area contributed by atoms with E-state index in [2.05, 4.69) is 33.1 Å². The van der Waals surface area contributed by atoms with Gasteiger partial charge < -0.3 is 9.72 Å². The van der Waals surface area contributed by atoms with Crippen LogP contribution in [0.4, 0.5) is 4.39 Å². The quantitative estimate of drug-likeness (QED) is 0.535. The molecule has 0 amide bonds. The van der Waals surface area contributed by atoms with Gasteiger partial charge in [0, 0.05) is 46.3 Å². The van der Waals surface area contributed by atoms with Gasteiger partial charge in [0.25, 0.3) is 0 Å². The molecule has 6 heteroatoms. The van der Waals surface area contributed by atoms with Crippen molar-refractivity contribution in [1.29, 1.82) is 0 Å². The Morgan fingerprint density at radius 1 is 1.29 bits per heavy atom. The molecular weight excluding hydrogens is 373 g/mol. The second kappa shape index (κ2) is 7.04. The fourth-order valence-corrected chi connectivity index (χ4v) is 4.82. The largest absolute Gasteiger partial charge is 0.497 e. The van der Waals surface area contributed by atoms with E-state index in [1.54, 1.807) is 18.4 Å². The van der Waals surface area contributed by atoms with Crippen LogP contribution >= 0.6 is 11.3 Å². The van der Waals surface area contributed by atoms with Gasteiger partial charge in [-0.15, -0.1) is 11.3 Å². The molecule has 28 heavy (non-hydrogen) atoms. The first-order valence-electron chi connectivity index (χ1n) is 9.30. The van der Waals surface area contributed by atoms with E-state index in [1.807, 2.05) is 29.8 Å². The maximum absolute atomic E-state index is 15.1. The minimum absolute atomic E-state index is 0.189. The average Bonchev–Trinajstić information content (AvgIpc) is 3.35. The first-order chi connectivity index (χ1) is 13.7. The second-order valence-electron chi connectivity index (χ2n) is 7.00. The molecule has 3 heterocycles. The molecule has 0 radical (unpaired) electrons. The summed E-state index contributed by atoms with van der Waals surface area (Å²) in [5, 5.41) is 4.25. The first-order valence-corrected chi connectivity index (χ1v) is 10.2. The number of para-hydroxylation sites is 1. The molecule has 0 aliphatic carbocycles. The minimum Gasteiger partial charge on any atom is -0.497 e. The van der Waals surface area contributed by atoms with Gasteiger partial charge >= 0.3 is 0 Å². The van der Waals surface area contributed by atoms with E-state index < -0.39 is 0 Å². The molecule has 142 valence electrons. The van der Waals surface area contributed by atoms with E-state index in [0.29, 0.717) is 17.9 Å². The Morgan fingerprint density at radius 2 is 2.18 bits per heavy atom. The van der Waals surface area contributed by atoms with Gasteiger partial charge in [0.15, 0.2) is 0 Å². The molecule has 1 atom stereocenters. The predicted molar refractivity (Wildman–Crippen MR) is 109 cm³/mol. The van der Waals surface area contributed by atoms with Gasteiger partial charge in [0.1, 0.15) is 16.6 Å². The number of ether oxygens (including phenoxy) is 1. The van der Waals surface area contributed by atoms with Crippen LogP contribution in [0.15, 0.2) is 54.0 Å². The molecule has 1 N–H and O–H groups in total. The molecule has 2 aromatic carbocycles. The lowest BCUT2D eigenvalue weighted by atomic mass is 9.92. The number of halogens is 1. The van der Waals surface area contributed by atoms with Crippen molar-refractivity contribution in [2.75, 3.05) is 13.7 Å². The van der Waals surface area contributed by atoms with Crippen molar-refractivity contribution in [2.24, 2.45) is 0 Å². The number of nitrogens with one attached hydrogen (secondary N) is 1. The zero-order valence-corrected chi connectivity index (χ0v) is 16.3. The summed E-state index contributed by atoms with van der Waals surface area (Å²) in [6.45, 7) is 1.55. The Labute approximate surface area is 166 Å². The number of aromatic amines is 1. The molecule has 0 spiro atoms. The predicted octanol–water partition coefficient (Wildman–Crippen LogP) is 4.92. The molecule has 0 saturated heterocycles. The van der Waals surface area contributed by atoms with E-state index in [0.717, 1.165) is 29.2 Å². The molecule has 1 aliphatic heterocycles. The summed E-state index contributed by atoms with van der Waals surface area (Å²) < 4.78 is 20.3. The van der Waals surface area contributed by atoms with Gasteiger partial charge in [-0.2, -0.15) is 0 Å². The van der Waals surface area contributed by atoms with Gasteiger partial charge in [0.2, 0.25) is 0 Å². The summed E-state index contributed by atoms with van der Waals surface area (Å²) in [7, 11) is 1.56. The molecule has 4 aromatic rings. The van der Waals surface area contributed by atoms with Gasteiger partial charge in [-0.25, -0.2) is 9.37 Å². The van der Waals surface area contributed by atoms with Crippen molar-refractivity contribution < 1.29 is 9.13 Å². The van der Waals surface area contributed by atoms with Crippen LogP contribution in [0, 0.1) is 5.82 Å². The van der Waals surface area contributed by atoms with Crippen LogP contribution < -0.4 is 4.74 Å². The third-order valence-electron chi connectivity index (χ3n) is 5.46. The van der Waals surface area contributed by atoms with Gasteiger partial charge in [0.05, 0.1) is 19.7 Å². The van der Waals surface area contributed by atoms with E-state index in [4.69, 9.17) is 4.74 Å². The van der Waals surface area contributed by atoms with Gasteiger partial charge in [-0.3, -0.25) is 4.90 Å². The smallest absolute Gasteiger partial charge is 0.132 e. The van der Waals surface area contributed by atoms with Crippen LogP contribution in [0.2, 0.25) is 0 Å². The monoisotopic (exact) mass is 393 g/mol. The molecule has 0 bridgehead atoms. The van der Waals surface area contributed by atoms with E-state index in [-0.39, 0.29) is 11.9 Å². The Morgan fingerprint density at radius 3 is 2.96 bits per heavy atom. The third-order valence-corrected chi connectivity index (χ3v) is 6.22. The highest BCUT2D eigenvalue weighted by atomic mass is 32.1. The zero-order chi connectivity index (χ0) is 19.1. The Balaban J connectivity index is 1.65. The Hall–Kier alpha value is -2.70. The SMILES string of the molecule is COc1ccc(C2c3[nH]c4ccccc4c3CCN2Cc2nccs2)c(F)c1. The van der Waals surface area contributed by atoms with Crippen molar-refractivity contribution in [3.05, 3.63) is 81.7 Å². The second-order valence-corrected chi connectivity index (χ2v) is 7.98. The fraction of sp³-hybridized carbons (Fsp3) is 0.227. The maximum Gasteiger partial charge on any atom is 0.132 e. The van der Waals surface area contributed by atoms with Crippen LogP contribution in [0.1, 0.15) is 27.9 Å². The molecule has 5 rings (SSSR count). The molecular formula is C22H20FN3OS. The topological polar surface area (TPSA) is 41.1 Å². The Bertz CT molecular complexity index is 1120. The van der Waals surface area contributed by atoms with E-state index in [9.17, 15) is 0 Å². The lowest BCUT2D eigenvalue weighted by Gasteiger charge is -2.35. The number of hydrogen-bond acceptors (Lipinski definition) is 4. The van der Waals surface area contributed by atoms with Crippen molar-refractivity contribution in [3.8, 4) is 5.75 Å². The highest BCUT2D eigenvalue weighted by Crippen LogP contribution is 2.40. The van der Waals surface area contributed by atoms with Crippen LogP contribution in [-0.2, 0) is 13.0 Å². The number of fused-ring (bicyclic) bond motifs is 3. The lowest BCUT2D eigenvalue weighted by Crippen LogP contribution is -2.36. The summed E-state index contributed by atoms with van der Waals surface area (Å²) in [6, 6.07) is 13.3. The molecule has 4 nitrogen and oxygen atoms in total. The summed E-state index contributed by atoms with van der Waals surface area (Å²) in [4.78, 5) is 10.3. The van der Waals surface area contributed by atoms with Gasteiger partial charge in [-0.1, -0.05) is 24.3 Å². The number of rotatable bonds is 4. The summed E-state index contributed by atoms with van der Waals surface area (Å²) in [5.74, 6) is 0.278. The number of methoxy groups -OCH3 is 1. The van der Waals surface area contributed by atoms with E-state index in [1.165, 1.54) is 17.0 Å². The molecule has 1 unspecified atom stereocenters. The number of thiazole rings is 1. The molecule has 0 fully saturated rings. The third kappa shape index (κ3) is 2.89. The maximum atomic E-state index is 15.1. The summed E-state index contributed by atoms with van der Waals surface area (Å²) in [5.41, 5.74) is 4.12. The van der Waals surface area contributed by atoms with Crippen molar-refractivity contribution in [3.63, 3.8) is 0 Å². The van der Waals surface area contributed by atoms with Crippen LogP contribution in [-0.4, -0.2) is 28.5 Å². The number of aromatic nitrogens is 2. The highest BCUT2D eigenvalue weighted by molar-refractivity contribution is 7.09. The van der Waals surface area contributed by atoms with Crippen LogP contribution in [0.25, 0.3) is 10.9 Å². The number of nitrogens with zero attached hydrogens (tertiary/aromatic N) is 2. The van der Waals surface area contributed by atoms with Crippen molar-refractivity contribution in [1.82, 2.24) is 14.9 Å². The zero-order valence-electron chi connectivity index (χ0n) is 15.5. The van der Waals surface area contributed by atoms with Gasteiger partial charge in [-0.05, 0) is 24.1 Å². The molecule has 2 aromatic heterocycles. The van der Waals surface area contributed by atoms with E-state index >= 15 is 4.39 Å². The lowest BCUT2D eigenvalue weighted by molar-refractivity contribution is 0.198. The Kier molecular flexibility index (Phi) is 4.37. The normalized spacial score (nSPS) is 17.0. The van der Waals surface area contributed by atoms with Crippen molar-refractivity contribution >= 4 is 22.2 Å². The summed E-state index contributed by atoms with van der Waals surface area (Å²) in [6.07, 6.45) is 2.75. The number of benzene rings is 2. The minimum atomic E-state index is -0.250. The van der Waals surface area contributed by atoms with Crippen LogP contribution in [0.3, 0.4) is 0 Å². The summed E-state index contributed by atoms with van der Waals surface area (Å²) >= 11 is 1.63. The molecule has 1 aliphatic rings. The highest BCUT2D eigenvalue weighted by Gasteiger charge is 2.33. The molecule has 0 saturated carbocycles. The fourth-order valence-electron chi connectivity index (χ4n) is 4.17. The first kappa shape index (κ1) is 17.4. The van der Waals surface area contributed by atoms with Crippen molar-refractivity contribution in [2.45, 2.75) is 19.0 Å². The number of H-pyrrole nitrogens is 1. The van der Waals surface area contributed by atoms with Crippen LogP contribution in [0.5, 0.6) is 5.75 Å².